The molecule has 6 nitrogen and oxygen atoms in total. The van der Waals surface area contributed by atoms with E-state index in [0.717, 1.165) is 16.6 Å². The fourth-order valence-electron chi connectivity index (χ4n) is 3.10. The number of carbonyl (C=O) groups excluding carboxylic acids is 2. The predicted octanol–water partition coefficient (Wildman–Crippen LogP) is 3.22. The molecule has 4 rings (SSSR count). The van der Waals surface area contributed by atoms with Gasteiger partial charge in [0.15, 0.2) is 17.3 Å². The summed E-state index contributed by atoms with van der Waals surface area (Å²) < 4.78 is 10.9. The first-order chi connectivity index (χ1) is 13.2. The van der Waals surface area contributed by atoms with Gasteiger partial charge in [-0.05, 0) is 35.7 Å². The second-order valence-electron chi connectivity index (χ2n) is 6.44. The Kier molecular flexibility index (Phi) is 4.78. The van der Waals surface area contributed by atoms with Crippen LogP contribution in [-0.2, 0) is 11.3 Å². The quantitative estimate of drug-likeness (QED) is 0.658. The van der Waals surface area contributed by atoms with Gasteiger partial charge in [-0.2, -0.15) is 0 Å². The maximum Gasteiger partial charge on any atom is 0.220 e. The number of hydrogen-bond acceptors (Lipinski definition) is 4. The molecule has 6 heteroatoms. The molecule has 1 aliphatic rings. The number of ether oxygens (including phenoxy) is 2. The minimum atomic E-state index is -0.153. The number of benzene rings is 2. The van der Waals surface area contributed by atoms with Crippen LogP contribution in [0.25, 0.3) is 10.9 Å². The Morgan fingerprint density at radius 2 is 1.78 bits per heavy atom. The molecule has 2 heterocycles. The number of amides is 1. The third-order valence-corrected chi connectivity index (χ3v) is 4.51. The van der Waals surface area contributed by atoms with E-state index in [4.69, 9.17) is 9.47 Å². The van der Waals surface area contributed by atoms with Crippen LogP contribution < -0.4 is 14.8 Å². The van der Waals surface area contributed by atoms with Gasteiger partial charge in [0.05, 0.1) is 6.54 Å². The zero-order valence-corrected chi connectivity index (χ0v) is 14.8. The van der Waals surface area contributed by atoms with E-state index >= 15 is 0 Å². The van der Waals surface area contributed by atoms with Crippen molar-refractivity contribution in [1.82, 2.24) is 10.3 Å². The SMILES string of the molecule is O=C(CCC(=O)c1ccc2c(c1)OCCO2)NCc1cc2ccccc2[nH]1. The van der Waals surface area contributed by atoms with Gasteiger partial charge in [-0.1, -0.05) is 18.2 Å². The second-order valence-corrected chi connectivity index (χ2v) is 6.44. The van der Waals surface area contributed by atoms with E-state index in [-0.39, 0.29) is 24.5 Å². The van der Waals surface area contributed by atoms with E-state index in [9.17, 15) is 9.59 Å². The molecule has 138 valence electrons. The minimum Gasteiger partial charge on any atom is -0.486 e. The number of fused-ring (bicyclic) bond motifs is 2. The fourth-order valence-corrected chi connectivity index (χ4v) is 3.10. The van der Waals surface area contributed by atoms with Crippen LogP contribution in [0.15, 0.2) is 48.5 Å². The minimum absolute atomic E-state index is 0.0901. The van der Waals surface area contributed by atoms with Gasteiger partial charge in [0.1, 0.15) is 13.2 Å². The first-order valence-electron chi connectivity index (χ1n) is 8.95. The number of para-hydroxylation sites is 1. The van der Waals surface area contributed by atoms with Crippen LogP contribution in [-0.4, -0.2) is 29.9 Å². The summed E-state index contributed by atoms with van der Waals surface area (Å²) in [7, 11) is 0. The number of aromatic nitrogens is 1. The molecule has 0 atom stereocenters. The molecule has 0 saturated carbocycles. The van der Waals surface area contributed by atoms with Crippen molar-refractivity contribution in [2.45, 2.75) is 19.4 Å². The monoisotopic (exact) mass is 364 g/mol. The van der Waals surface area contributed by atoms with Crippen molar-refractivity contribution >= 4 is 22.6 Å². The molecule has 1 aliphatic heterocycles. The summed E-state index contributed by atoms with van der Waals surface area (Å²) in [5.74, 6) is 0.983. The molecule has 0 fully saturated rings. The lowest BCUT2D eigenvalue weighted by Gasteiger charge is -2.18. The molecule has 0 unspecified atom stereocenters. The van der Waals surface area contributed by atoms with Crippen LogP contribution in [0.5, 0.6) is 11.5 Å². The summed E-state index contributed by atoms with van der Waals surface area (Å²) in [6, 6.07) is 15.1. The topological polar surface area (TPSA) is 80.4 Å². The first kappa shape index (κ1) is 17.1. The van der Waals surface area contributed by atoms with Crippen LogP contribution in [0.4, 0.5) is 0 Å². The zero-order valence-electron chi connectivity index (χ0n) is 14.8. The van der Waals surface area contributed by atoms with Gasteiger partial charge < -0.3 is 19.8 Å². The summed E-state index contributed by atoms with van der Waals surface area (Å²) in [6.45, 7) is 1.39. The van der Waals surface area contributed by atoms with Gasteiger partial charge in [0, 0.05) is 29.6 Å². The van der Waals surface area contributed by atoms with Gasteiger partial charge >= 0.3 is 0 Å². The highest BCUT2D eigenvalue weighted by molar-refractivity contribution is 5.98. The smallest absolute Gasteiger partial charge is 0.220 e. The molecule has 2 aromatic carbocycles. The number of aromatic amines is 1. The number of H-pyrrole nitrogens is 1. The Labute approximate surface area is 156 Å². The summed E-state index contributed by atoms with van der Waals surface area (Å²) in [6.07, 6.45) is 0.297. The van der Waals surface area contributed by atoms with E-state index in [1.807, 2.05) is 30.3 Å². The van der Waals surface area contributed by atoms with Crippen LogP contribution in [0.3, 0.4) is 0 Å². The lowest BCUT2D eigenvalue weighted by Crippen LogP contribution is -2.23. The number of carbonyl (C=O) groups is 2. The van der Waals surface area contributed by atoms with Crippen molar-refractivity contribution in [2.75, 3.05) is 13.2 Å². The molecule has 3 aromatic rings. The lowest BCUT2D eigenvalue weighted by atomic mass is 10.1. The van der Waals surface area contributed by atoms with Crippen LogP contribution in [0.2, 0.25) is 0 Å². The number of rotatable bonds is 6. The molecule has 1 amide bonds. The Balaban J connectivity index is 1.29. The van der Waals surface area contributed by atoms with Crippen LogP contribution in [0, 0.1) is 0 Å². The summed E-state index contributed by atoms with van der Waals surface area (Å²) in [4.78, 5) is 27.7. The molecule has 0 spiro atoms. The van der Waals surface area contributed by atoms with E-state index in [0.29, 0.717) is 36.8 Å². The van der Waals surface area contributed by atoms with E-state index in [1.165, 1.54) is 0 Å². The Bertz CT molecular complexity index is 960. The van der Waals surface area contributed by atoms with Crippen molar-refractivity contribution < 1.29 is 19.1 Å². The van der Waals surface area contributed by atoms with Gasteiger partial charge in [-0.3, -0.25) is 9.59 Å². The Hall–Kier alpha value is -3.28. The number of Topliss-reactive ketones (excluding diaryl/α,β-unsaturated/α-hetero) is 1. The predicted molar refractivity (Wildman–Crippen MR) is 101 cm³/mol. The normalized spacial score (nSPS) is 12.7. The average Bonchev–Trinajstić information content (AvgIpc) is 3.13. The number of hydrogen-bond donors (Lipinski definition) is 2. The highest BCUT2D eigenvalue weighted by Crippen LogP contribution is 2.31. The maximum atomic E-state index is 12.3. The standard InChI is InChI=1S/C21H20N2O4/c24-18(15-5-7-19-20(12-15)27-10-9-26-19)6-8-21(25)22-13-16-11-14-3-1-2-4-17(14)23-16/h1-5,7,11-12,23H,6,8-10,13H2,(H,22,25). The molecule has 0 aliphatic carbocycles. The number of nitrogens with one attached hydrogen (secondary N) is 2. The summed E-state index contributed by atoms with van der Waals surface area (Å²) >= 11 is 0. The van der Waals surface area contributed by atoms with Crippen molar-refractivity contribution in [2.24, 2.45) is 0 Å². The highest BCUT2D eigenvalue weighted by atomic mass is 16.6. The van der Waals surface area contributed by atoms with Gasteiger partial charge in [0.2, 0.25) is 5.91 Å². The summed E-state index contributed by atoms with van der Waals surface area (Å²) in [5, 5.41) is 3.96. The average molecular weight is 364 g/mol. The van der Waals surface area contributed by atoms with Crippen LogP contribution >= 0.6 is 0 Å². The van der Waals surface area contributed by atoms with Gasteiger partial charge in [-0.25, -0.2) is 0 Å². The molecule has 0 radical (unpaired) electrons. The van der Waals surface area contributed by atoms with Gasteiger partial charge in [0.25, 0.3) is 0 Å². The van der Waals surface area contributed by atoms with Crippen molar-refractivity contribution in [3.05, 3.63) is 59.8 Å². The third kappa shape index (κ3) is 3.95. The van der Waals surface area contributed by atoms with E-state index in [2.05, 4.69) is 10.3 Å². The largest absolute Gasteiger partial charge is 0.486 e. The van der Waals surface area contributed by atoms with Crippen molar-refractivity contribution in [3.63, 3.8) is 0 Å². The second kappa shape index (κ2) is 7.53. The third-order valence-electron chi connectivity index (χ3n) is 4.51. The van der Waals surface area contributed by atoms with E-state index < -0.39 is 0 Å². The summed E-state index contributed by atoms with van der Waals surface area (Å²) in [5.41, 5.74) is 2.50. The number of ketones is 1. The maximum absolute atomic E-state index is 12.3. The van der Waals surface area contributed by atoms with Crippen molar-refractivity contribution in [1.29, 1.82) is 0 Å². The molecular formula is C21H20N2O4. The zero-order chi connectivity index (χ0) is 18.6. The first-order valence-corrected chi connectivity index (χ1v) is 8.95. The Morgan fingerprint density at radius 3 is 2.63 bits per heavy atom. The fraction of sp³-hybridized carbons (Fsp3) is 0.238. The molecule has 0 saturated heterocycles. The van der Waals surface area contributed by atoms with Crippen LogP contribution in [0.1, 0.15) is 28.9 Å². The Morgan fingerprint density at radius 1 is 0.963 bits per heavy atom. The van der Waals surface area contributed by atoms with Gasteiger partial charge in [-0.15, -0.1) is 0 Å². The molecule has 1 aromatic heterocycles. The van der Waals surface area contributed by atoms with E-state index in [1.54, 1.807) is 18.2 Å². The molecular weight excluding hydrogens is 344 g/mol. The van der Waals surface area contributed by atoms with Crippen molar-refractivity contribution in [3.8, 4) is 11.5 Å². The molecule has 0 bridgehead atoms. The lowest BCUT2D eigenvalue weighted by molar-refractivity contribution is -0.121. The molecule has 2 N–H and O–H groups in total. The highest BCUT2D eigenvalue weighted by Gasteiger charge is 2.15. The molecule has 27 heavy (non-hydrogen) atoms.